The van der Waals surface area contributed by atoms with Crippen molar-refractivity contribution >= 4 is 11.9 Å². The van der Waals surface area contributed by atoms with Crippen molar-refractivity contribution in [3.05, 3.63) is 70.3 Å². The van der Waals surface area contributed by atoms with E-state index >= 15 is 0 Å². The van der Waals surface area contributed by atoms with Crippen LogP contribution in [0.5, 0.6) is 5.75 Å². The van der Waals surface area contributed by atoms with Crippen LogP contribution >= 0.6 is 0 Å². The van der Waals surface area contributed by atoms with Crippen molar-refractivity contribution < 1.29 is 9.53 Å². The lowest BCUT2D eigenvalue weighted by atomic mass is 9.55. The standard InChI is InChI=1S/C27H27NO2/c1-27-12-11-23-22-10-8-21(30-2)14-19(22)7-9-24(23)25(27)15-20(26(27)29)13-17-3-5-18(16-28)6-4-17/h3-6,8,10,13-14,23-25H,7,9,11-12,15H2,1-2H3/t23-,24-,25+,27+/m1/s1. The summed E-state index contributed by atoms with van der Waals surface area (Å²) in [6.07, 6.45) is 7.22. The molecule has 3 aliphatic carbocycles. The van der Waals surface area contributed by atoms with E-state index in [0.29, 0.717) is 29.1 Å². The summed E-state index contributed by atoms with van der Waals surface area (Å²) in [7, 11) is 1.73. The summed E-state index contributed by atoms with van der Waals surface area (Å²) in [5.74, 6) is 2.83. The number of nitriles is 1. The highest BCUT2D eigenvalue weighted by atomic mass is 16.5. The molecule has 2 saturated carbocycles. The van der Waals surface area contributed by atoms with E-state index in [0.717, 1.165) is 49.0 Å². The molecule has 3 aliphatic rings. The van der Waals surface area contributed by atoms with Crippen molar-refractivity contribution in [2.75, 3.05) is 7.11 Å². The largest absolute Gasteiger partial charge is 0.497 e. The second kappa shape index (κ2) is 7.13. The molecule has 3 nitrogen and oxygen atoms in total. The number of carbonyl (C=O) groups excluding carboxylic acids is 1. The summed E-state index contributed by atoms with van der Waals surface area (Å²) in [5.41, 5.74) is 5.30. The van der Waals surface area contributed by atoms with Crippen molar-refractivity contribution in [2.45, 2.75) is 44.9 Å². The molecule has 0 amide bonds. The summed E-state index contributed by atoms with van der Waals surface area (Å²) in [5, 5.41) is 9.01. The Hall–Kier alpha value is -2.86. The maximum Gasteiger partial charge on any atom is 0.165 e. The Labute approximate surface area is 178 Å². The number of nitrogens with zero attached hydrogens (tertiary/aromatic N) is 1. The average molecular weight is 398 g/mol. The molecule has 0 heterocycles. The monoisotopic (exact) mass is 397 g/mol. The van der Waals surface area contributed by atoms with E-state index in [1.54, 1.807) is 7.11 Å². The molecule has 5 rings (SSSR count). The number of fused-ring (bicyclic) bond motifs is 5. The van der Waals surface area contributed by atoms with E-state index in [2.05, 4.69) is 37.3 Å². The van der Waals surface area contributed by atoms with Crippen LogP contribution in [0.1, 0.15) is 60.8 Å². The Morgan fingerprint density at radius 1 is 1.17 bits per heavy atom. The van der Waals surface area contributed by atoms with Crippen LogP contribution in [0, 0.1) is 28.6 Å². The minimum Gasteiger partial charge on any atom is -0.497 e. The Balaban J connectivity index is 1.45. The molecule has 2 fully saturated rings. The van der Waals surface area contributed by atoms with Crippen LogP contribution in [-0.2, 0) is 11.2 Å². The zero-order valence-corrected chi connectivity index (χ0v) is 17.7. The first kappa shape index (κ1) is 19.1. The fourth-order valence-corrected chi connectivity index (χ4v) is 6.34. The number of allylic oxidation sites excluding steroid dienone is 1. The molecule has 30 heavy (non-hydrogen) atoms. The van der Waals surface area contributed by atoms with Crippen LogP contribution < -0.4 is 4.74 Å². The second-order valence-electron chi connectivity index (χ2n) is 9.37. The number of Topliss-reactive ketones (excluding diaryl/α,β-unsaturated/α-hetero) is 1. The summed E-state index contributed by atoms with van der Waals surface area (Å²) in [4.78, 5) is 13.5. The molecule has 2 aromatic rings. The minimum atomic E-state index is -0.233. The highest BCUT2D eigenvalue weighted by Gasteiger charge is 2.56. The average Bonchev–Trinajstić information content (AvgIpc) is 3.04. The molecule has 0 N–H and O–H groups in total. The number of benzene rings is 2. The van der Waals surface area contributed by atoms with Gasteiger partial charge in [0.15, 0.2) is 5.78 Å². The summed E-state index contributed by atoms with van der Waals surface area (Å²) >= 11 is 0. The molecule has 0 unspecified atom stereocenters. The Morgan fingerprint density at radius 2 is 1.97 bits per heavy atom. The van der Waals surface area contributed by atoms with E-state index < -0.39 is 0 Å². The predicted octanol–water partition coefficient (Wildman–Crippen LogP) is 5.69. The zero-order chi connectivity index (χ0) is 20.9. The lowest BCUT2D eigenvalue weighted by Gasteiger charge is -2.48. The van der Waals surface area contributed by atoms with Crippen LogP contribution in [0.25, 0.3) is 6.08 Å². The van der Waals surface area contributed by atoms with Gasteiger partial charge in [0.05, 0.1) is 18.7 Å². The van der Waals surface area contributed by atoms with Gasteiger partial charge in [-0.25, -0.2) is 0 Å². The van der Waals surface area contributed by atoms with Crippen LogP contribution in [0.4, 0.5) is 0 Å². The van der Waals surface area contributed by atoms with Gasteiger partial charge in [0.25, 0.3) is 0 Å². The second-order valence-corrected chi connectivity index (χ2v) is 9.37. The molecule has 0 bridgehead atoms. The van der Waals surface area contributed by atoms with E-state index in [4.69, 9.17) is 10.00 Å². The lowest BCUT2D eigenvalue weighted by Crippen LogP contribution is -2.42. The first-order chi connectivity index (χ1) is 14.5. The fraction of sp³-hybridized carbons (Fsp3) is 0.407. The van der Waals surface area contributed by atoms with Crippen LogP contribution in [-0.4, -0.2) is 12.9 Å². The van der Waals surface area contributed by atoms with Gasteiger partial charge in [-0.1, -0.05) is 25.1 Å². The number of ketones is 1. The third-order valence-electron chi connectivity index (χ3n) is 7.95. The molecule has 3 heteroatoms. The van der Waals surface area contributed by atoms with Gasteiger partial charge in [0.2, 0.25) is 0 Å². The van der Waals surface area contributed by atoms with Crippen molar-refractivity contribution in [3.8, 4) is 11.8 Å². The number of hydrogen-bond donors (Lipinski definition) is 0. The van der Waals surface area contributed by atoms with E-state index in [9.17, 15) is 4.79 Å². The van der Waals surface area contributed by atoms with Gasteiger partial charge in [-0.15, -0.1) is 0 Å². The molecule has 4 atom stereocenters. The topological polar surface area (TPSA) is 50.1 Å². The predicted molar refractivity (Wildman–Crippen MR) is 117 cm³/mol. The van der Waals surface area contributed by atoms with Crippen LogP contribution in [0.15, 0.2) is 48.0 Å². The zero-order valence-electron chi connectivity index (χ0n) is 17.7. The number of aryl methyl sites for hydroxylation is 1. The van der Waals surface area contributed by atoms with Gasteiger partial charge in [-0.05, 0) is 102 Å². The molecule has 152 valence electrons. The number of methoxy groups -OCH3 is 1. The van der Waals surface area contributed by atoms with Gasteiger partial charge in [-0.3, -0.25) is 4.79 Å². The van der Waals surface area contributed by atoms with E-state index in [1.807, 2.05) is 24.3 Å². The molecular weight excluding hydrogens is 370 g/mol. The fourth-order valence-electron chi connectivity index (χ4n) is 6.34. The van der Waals surface area contributed by atoms with Gasteiger partial charge >= 0.3 is 0 Å². The molecule has 0 aliphatic heterocycles. The summed E-state index contributed by atoms with van der Waals surface area (Å²) < 4.78 is 5.43. The van der Waals surface area contributed by atoms with Gasteiger partial charge in [-0.2, -0.15) is 5.26 Å². The third-order valence-corrected chi connectivity index (χ3v) is 7.95. The maximum absolute atomic E-state index is 13.5. The van der Waals surface area contributed by atoms with Crippen molar-refractivity contribution in [1.82, 2.24) is 0 Å². The minimum absolute atomic E-state index is 0.233. The number of ether oxygens (including phenoxy) is 1. The number of carbonyl (C=O) groups is 1. The van der Waals surface area contributed by atoms with Crippen LogP contribution in [0.3, 0.4) is 0 Å². The summed E-state index contributed by atoms with van der Waals surface area (Å²) in [6, 6.07) is 16.2. The normalized spacial score (nSPS) is 30.9. The summed E-state index contributed by atoms with van der Waals surface area (Å²) in [6.45, 7) is 2.21. The van der Waals surface area contributed by atoms with Crippen molar-refractivity contribution in [3.63, 3.8) is 0 Å². The van der Waals surface area contributed by atoms with Crippen molar-refractivity contribution in [1.29, 1.82) is 5.26 Å². The number of rotatable bonds is 2. The molecule has 2 aromatic carbocycles. The Kier molecular flexibility index (Phi) is 4.54. The van der Waals surface area contributed by atoms with Crippen molar-refractivity contribution in [2.24, 2.45) is 17.3 Å². The first-order valence-electron chi connectivity index (χ1n) is 11.0. The molecule has 0 aromatic heterocycles. The lowest BCUT2D eigenvalue weighted by molar-refractivity contribution is -0.127. The third kappa shape index (κ3) is 2.89. The Bertz CT molecular complexity index is 1080. The van der Waals surface area contributed by atoms with Gasteiger partial charge in [0.1, 0.15) is 5.75 Å². The highest BCUT2D eigenvalue weighted by Crippen LogP contribution is 2.60. The first-order valence-corrected chi connectivity index (χ1v) is 11.0. The molecular formula is C27H27NO2. The molecule has 0 saturated heterocycles. The number of hydrogen-bond acceptors (Lipinski definition) is 3. The SMILES string of the molecule is COc1ccc2c(c1)CC[C@@H]1[C@@H]2CC[C@]2(C)C(=O)C(=Cc3ccc(C#N)cc3)C[C@@H]12. The van der Waals surface area contributed by atoms with E-state index in [-0.39, 0.29) is 5.41 Å². The quantitative estimate of drug-likeness (QED) is 0.612. The van der Waals surface area contributed by atoms with Crippen LogP contribution in [0.2, 0.25) is 0 Å². The smallest absolute Gasteiger partial charge is 0.165 e. The van der Waals surface area contributed by atoms with Gasteiger partial charge < -0.3 is 4.74 Å². The van der Waals surface area contributed by atoms with E-state index in [1.165, 1.54) is 11.1 Å². The Morgan fingerprint density at radius 3 is 2.70 bits per heavy atom. The maximum atomic E-state index is 13.5. The highest BCUT2D eigenvalue weighted by molar-refractivity contribution is 6.06. The van der Waals surface area contributed by atoms with Gasteiger partial charge in [0, 0.05) is 5.41 Å². The molecule has 0 radical (unpaired) electrons. The molecule has 0 spiro atoms.